The third-order valence-corrected chi connectivity index (χ3v) is 3.29. The first-order valence-electron chi connectivity index (χ1n) is 7.58. The fraction of sp³-hybridized carbons (Fsp3) is 0.529. The minimum Gasteiger partial charge on any atom is -0.356 e. The van der Waals surface area contributed by atoms with Crippen molar-refractivity contribution in [2.75, 3.05) is 13.1 Å². The van der Waals surface area contributed by atoms with E-state index in [1.165, 1.54) is 0 Å². The van der Waals surface area contributed by atoms with Crippen molar-refractivity contribution in [1.82, 2.24) is 10.1 Å². The molecule has 4 nitrogen and oxygen atoms in total. The quantitative estimate of drug-likeness (QED) is 0.817. The number of rotatable bonds is 6. The maximum absolute atomic E-state index is 12.6. The fourth-order valence-corrected chi connectivity index (χ4v) is 2.48. The summed E-state index contributed by atoms with van der Waals surface area (Å²) in [5, 5.41) is 4.98. The summed E-state index contributed by atoms with van der Waals surface area (Å²) in [5.74, 6) is 1.04. The number of fused-ring (bicyclic) bond motifs is 1. The van der Waals surface area contributed by atoms with E-state index in [0.717, 1.165) is 29.8 Å². The van der Waals surface area contributed by atoms with Gasteiger partial charge in [-0.05, 0) is 24.0 Å². The molecule has 1 amide bonds. The lowest BCUT2D eigenvalue weighted by Gasteiger charge is -2.26. The Balaban J connectivity index is 2.14. The number of hydrogen-bond donors (Lipinski definition) is 0. The monoisotopic (exact) mass is 288 g/mol. The molecule has 0 atom stereocenters. The summed E-state index contributed by atoms with van der Waals surface area (Å²) in [7, 11) is 0. The summed E-state index contributed by atoms with van der Waals surface area (Å²) in [6.45, 7) is 10.1. The van der Waals surface area contributed by atoms with Gasteiger partial charge in [-0.25, -0.2) is 0 Å². The molecule has 0 radical (unpaired) electrons. The van der Waals surface area contributed by atoms with E-state index >= 15 is 0 Å². The molecule has 0 aliphatic rings. The normalized spacial score (nSPS) is 11.5. The van der Waals surface area contributed by atoms with Crippen LogP contribution < -0.4 is 0 Å². The molecule has 0 aliphatic carbocycles. The highest BCUT2D eigenvalue weighted by atomic mass is 16.5. The van der Waals surface area contributed by atoms with Crippen LogP contribution in [0.5, 0.6) is 0 Å². The Morgan fingerprint density at radius 1 is 1.14 bits per heavy atom. The van der Waals surface area contributed by atoms with Gasteiger partial charge in [-0.1, -0.05) is 45.0 Å². The van der Waals surface area contributed by atoms with Gasteiger partial charge in [0.05, 0.1) is 6.42 Å². The molecule has 0 unspecified atom stereocenters. The third kappa shape index (κ3) is 4.06. The van der Waals surface area contributed by atoms with Crippen molar-refractivity contribution >= 4 is 16.9 Å². The van der Waals surface area contributed by atoms with Gasteiger partial charge in [-0.15, -0.1) is 0 Å². The molecule has 114 valence electrons. The Morgan fingerprint density at radius 2 is 1.76 bits per heavy atom. The Bertz CT molecular complexity index is 592. The summed E-state index contributed by atoms with van der Waals surface area (Å²) < 4.78 is 5.27. The summed E-state index contributed by atoms with van der Waals surface area (Å²) in [6.07, 6.45) is 0.302. The van der Waals surface area contributed by atoms with E-state index in [4.69, 9.17) is 4.52 Å². The molecule has 2 aromatic rings. The zero-order valence-electron chi connectivity index (χ0n) is 13.3. The van der Waals surface area contributed by atoms with Gasteiger partial charge in [0.1, 0.15) is 5.69 Å². The summed E-state index contributed by atoms with van der Waals surface area (Å²) in [5.41, 5.74) is 1.47. The minimum atomic E-state index is 0.122. The zero-order valence-corrected chi connectivity index (χ0v) is 13.3. The molecular formula is C17H24N2O2. The molecule has 1 heterocycles. The minimum absolute atomic E-state index is 0.122. The van der Waals surface area contributed by atoms with Crippen molar-refractivity contribution in [2.24, 2.45) is 11.8 Å². The number of carbonyl (C=O) groups excluding carboxylic acids is 1. The molecule has 0 spiro atoms. The summed E-state index contributed by atoms with van der Waals surface area (Å²) in [6, 6.07) is 7.66. The molecule has 1 aromatic heterocycles. The molecule has 0 fully saturated rings. The van der Waals surface area contributed by atoms with Gasteiger partial charge < -0.3 is 9.42 Å². The van der Waals surface area contributed by atoms with Crippen LogP contribution in [0, 0.1) is 11.8 Å². The second-order valence-corrected chi connectivity index (χ2v) is 6.39. The number of amides is 1. The van der Waals surface area contributed by atoms with Crippen LogP contribution in [0.25, 0.3) is 11.0 Å². The zero-order chi connectivity index (χ0) is 15.4. The Morgan fingerprint density at radius 3 is 2.38 bits per heavy atom. The van der Waals surface area contributed by atoms with E-state index in [0.29, 0.717) is 18.3 Å². The largest absolute Gasteiger partial charge is 0.356 e. The molecule has 0 N–H and O–H groups in total. The number of nitrogens with zero attached hydrogens (tertiary/aromatic N) is 2. The van der Waals surface area contributed by atoms with E-state index in [-0.39, 0.29) is 5.91 Å². The van der Waals surface area contributed by atoms with E-state index in [1.807, 2.05) is 29.2 Å². The van der Waals surface area contributed by atoms with Gasteiger partial charge in [-0.2, -0.15) is 0 Å². The highest BCUT2D eigenvalue weighted by molar-refractivity contribution is 5.86. The van der Waals surface area contributed by atoms with Gasteiger partial charge in [0.15, 0.2) is 5.58 Å². The lowest BCUT2D eigenvalue weighted by Crippen LogP contribution is -2.38. The number of para-hydroxylation sites is 1. The Hall–Kier alpha value is -1.84. The van der Waals surface area contributed by atoms with Gasteiger partial charge in [-0.3, -0.25) is 4.79 Å². The van der Waals surface area contributed by atoms with Crippen LogP contribution in [-0.4, -0.2) is 29.1 Å². The lowest BCUT2D eigenvalue weighted by atomic mass is 10.1. The SMILES string of the molecule is CC(C)CN(CC(C)C)C(=O)Cc1noc2ccccc12. The van der Waals surface area contributed by atoms with Crippen LogP contribution in [0.3, 0.4) is 0 Å². The Labute approximate surface area is 126 Å². The molecule has 1 aromatic carbocycles. The van der Waals surface area contributed by atoms with Crippen molar-refractivity contribution in [3.05, 3.63) is 30.0 Å². The van der Waals surface area contributed by atoms with Crippen molar-refractivity contribution < 1.29 is 9.32 Å². The van der Waals surface area contributed by atoms with Gasteiger partial charge >= 0.3 is 0 Å². The Kier molecular flexibility index (Phi) is 4.99. The first-order chi connectivity index (χ1) is 9.97. The van der Waals surface area contributed by atoms with Crippen molar-refractivity contribution in [2.45, 2.75) is 34.1 Å². The van der Waals surface area contributed by atoms with Gasteiger partial charge in [0.25, 0.3) is 0 Å². The molecule has 0 aliphatic heterocycles. The van der Waals surface area contributed by atoms with Crippen LogP contribution in [-0.2, 0) is 11.2 Å². The lowest BCUT2D eigenvalue weighted by molar-refractivity contribution is -0.131. The molecule has 2 rings (SSSR count). The molecule has 0 saturated carbocycles. The molecule has 4 heteroatoms. The molecular weight excluding hydrogens is 264 g/mol. The maximum Gasteiger partial charge on any atom is 0.228 e. The summed E-state index contributed by atoms with van der Waals surface area (Å²) >= 11 is 0. The van der Waals surface area contributed by atoms with Crippen molar-refractivity contribution in [3.8, 4) is 0 Å². The predicted molar refractivity (Wildman–Crippen MR) is 84.0 cm³/mol. The van der Waals surface area contributed by atoms with E-state index < -0.39 is 0 Å². The standard InChI is InChI=1S/C17H24N2O2/c1-12(2)10-19(11-13(3)4)17(20)9-15-14-7-5-6-8-16(14)21-18-15/h5-8,12-13H,9-11H2,1-4H3. The number of carbonyl (C=O) groups is 1. The average Bonchev–Trinajstić information content (AvgIpc) is 2.80. The number of benzene rings is 1. The van der Waals surface area contributed by atoms with Crippen LogP contribution >= 0.6 is 0 Å². The number of aromatic nitrogens is 1. The number of hydrogen-bond acceptors (Lipinski definition) is 3. The van der Waals surface area contributed by atoms with Crippen LogP contribution in [0.4, 0.5) is 0 Å². The smallest absolute Gasteiger partial charge is 0.228 e. The van der Waals surface area contributed by atoms with Crippen LogP contribution in [0.2, 0.25) is 0 Å². The van der Waals surface area contributed by atoms with Gasteiger partial charge in [0.2, 0.25) is 5.91 Å². The van der Waals surface area contributed by atoms with Gasteiger partial charge in [0, 0.05) is 18.5 Å². The van der Waals surface area contributed by atoms with Crippen LogP contribution in [0.1, 0.15) is 33.4 Å². The van der Waals surface area contributed by atoms with Crippen molar-refractivity contribution in [3.63, 3.8) is 0 Å². The van der Waals surface area contributed by atoms with E-state index in [1.54, 1.807) is 0 Å². The third-order valence-electron chi connectivity index (χ3n) is 3.29. The average molecular weight is 288 g/mol. The summed E-state index contributed by atoms with van der Waals surface area (Å²) in [4.78, 5) is 14.5. The van der Waals surface area contributed by atoms with Crippen molar-refractivity contribution in [1.29, 1.82) is 0 Å². The topological polar surface area (TPSA) is 46.3 Å². The van der Waals surface area contributed by atoms with E-state index in [2.05, 4.69) is 32.9 Å². The second-order valence-electron chi connectivity index (χ2n) is 6.39. The van der Waals surface area contributed by atoms with E-state index in [9.17, 15) is 4.79 Å². The predicted octanol–water partition coefficient (Wildman–Crippen LogP) is 3.51. The first kappa shape index (κ1) is 15.5. The fourth-order valence-electron chi connectivity index (χ4n) is 2.48. The first-order valence-corrected chi connectivity index (χ1v) is 7.58. The van der Waals surface area contributed by atoms with Crippen LogP contribution in [0.15, 0.2) is 28.8 Å². The molecule has 21 heavy (non-hydrogen) atoms. The highest BCUT2D eigenvalue weighted by Gasteiger charge is 2.19. The molecule has 0 bridgehead atoms. The highest BCUT2D eigenvalue weighted by Crippen LogP contribution is 2.19. The maximum atomic E-state index is 12.6. The molecule has 0 saturated heterocycles. The second kappa shape index (κ2) is 6.74.